The van der Waals surface area contributed by atoms with Crippen LogP contribution < -0.4 is 14.2 Å². The molecule has 0 radical (unpaired) electrons. The van der Waals surface area contributed by atoms with Crippen molar-refractivity contribution >= 4 is 34.2 Å². The lowest BCUT2D eigenvalue weighted by Crippen LogP contribution is -2.32. The summed E-state index contributed by atoms with van der Waals surface area (Å²) in [6, 6.07) is 31.6. The zero-order valence-corrected chi connectivity index (χ0v) is 35.0. The largest absolute Gasteiger partial charge is 0.429 e. The van der Waals surface area contributed by atoms with Gasteiger partial charge >= 0.3 is 0 Å². The number of benzene rings is 2. The average molecular weight is 783 g/mol. The van der Waals surface area contributed by atoms with Crippen LogP contribution in [0.3, 0.4) is 0 Å². The molecule has 6 rings (SSSR count). The smallest absolute Gasteiger partial charge is 0.298 e. The number of aryl methyl sites for hydroxylation is 1. The first kappa shape index (κ1) is 41.3. The fourth-order valence-corrected chi connectivity index (χ4v) is 8.19. The van der Waals surface area contributed by atoms with Crippen LogP contribution in [0.5, 0.6) is 5.75 Å². The molecule has 57 heavy (non-hydrogen) atoms. The van der Waals surface area contributed by atoms with Crippen LogP contribution in [0.1, 0.15) is 96.4 Å². The van der Waals surface area contributed by atoms with Crippen molar-refractivity contribution in [3.8, 4) is 39.0 Å². The van der Waals surface area contributed by atoms with E-state index in [1.54, 1.807) is 34.2 Å². The fraction of sp³-hybridized carbons (Fsp3) is 0.312. The molecule has 0 atom stereocenters. The topological polar surface area (TPSA) is 88.7 Å². The number of rotatable bonds is 15. The van der Waals surface area contributed by atoms with E-state index in [4.69, 9.17) is 9.72 Å². The number of ether oxygens (including phenoxy) is 1. The summed E-state index contributed by atoms with van der Waals surface area (Å²) in [6.45, 7) is 16.1. The Hall–Kier alpha value is -5.35. The number of aromatic nitrogens is 3. The molecule has 4 heterocycles. The lowest BCUT2D eigenvalue weighted by molar-refractivity contribution is -0.589. The van der Waals surface area contributed by atoms with Crippen molar-refractivity contribution in [2.75, 3.05) is 4.90 Å². The summed E-state index contributed by atoms with van der Waals surface area (Å²) in [4.78, 5) is 28.5. The van der Waals surface area contributed by atoms with E-state index in [-0.39, 0.29) is 17.4 Å². The molecule has 4 aromatic heterocycles. The zero-order chi connectivity index (χ0) is 40.7. The standard InChI is InChI=1S/C48H54N4O4S/c1-9-10-11-12-13-35-29-45(57-46(35)52(38-18-14-36(15-19-38)47(2,3)4)39-20-16-37(17-21-39)48(5,6)7)34-22-24-49-41(28-34)43-26-33(31-56-54)27-44(51(43)8)42-30-40(55-32-53)23-25-50-42/h14-30,32,54H,8-13,31H2,1-7H3. The molecule has 0 fully saturated rings. The Balaban J connectivity index is 1.48. The Morgan fingerprint density at radius 1 is 0.772 bits per heavy atom. The van der Waals surface area contributed by atoms with Crippen LogP contribution in [0, 0.1) is 7.05 Å². The molecule has 0 saturated heterocycles. The number of carbonyl (C=O) groups is 1. The molecule has 2 aromatic carbocycles. The van der Waals surface area contributed by atoms with Crippen molar-refractivity contribution < 1.29 is 24.2 Å². The Kier molecular flexibility index (Phi) is 12.9. The Morgan fingerprint density at radius 3 is 1.89 bits per heavy atom. The van der Waals surface area contributed by atoms with Crippen LogP contribution in [0.2, 0.25) is 0 Å². The third kappa shape index (κ3) is 9.79. The van der Waals surface area contributed by atoms with Crippen LogP contribution in [0.4, 0.5) is 16.4 Å². The van der Waals surface area contributed by atoms with Gasteiger partial charge in [-0.15, -0.1) is 11.3 Å². The minimum atomic E-state index is -0.0516. The van der Waals surface area contributed by atoms with Crippen LogP contribution in [0.25, 0.3) is 33.2 Å². The monoisotopic (exact) mass is 782 g/mol. The van der Waals surface area contributed by atoms with Crippen molar-refractivity contribution in [1.29, 1.82) is 0 Å². The van der Waals surface area contributed by atoms with E-state index < -0.39 is 0 Å². The maximum absolute atomic E-state index is 11.1. The number of carbonyl (C=O) groups excluding carboxylic acids is 1. The zero-order valence-electron chi connectivity index (χ0n) is 34.2. The molecule has 0 unspecified atom stereocenters. The van der Waals surface area contributed by atoms with E-state index in [1.807, 2.05) is 18.3 Å². The number of hydrogen-bond donors (Lipinski definition) is 1. The third-order valence-corrected chi connectivity index (χ3v) is 11.4. The second kappa shape index (κ2) is 17.8. The van der Waals surface area contributed by atoms with Crippen molar-refractivity contribution in [3.63, 3.8) is 0 Å². The van der Waals surface area contributed by atoms with E-state index >= 15 is 0 Å². The second-order valence-corrected chi connectivity index (χ2v) is 17.6. The van der Waals surface area contributed by atoms with Gasteiger partial charge in [-0.2, -0.15) is 0 Å². The minimum Gasteiger partial charge on any atom is -0.429 e. The summed E-state index contributed by atoms with van der Waals surface area (Å²) in [5.74, 6) is 0.351. The first-order chi connectivity index (χ1) is 27.3. The van der Waals surface area contributed by atoms with Gasteiger partial charge < -0.3 is 14.2 Å². The lowest BCUT2D eigenvalue weighted by Gasteiger charge is -2.28. The summed E-state index contributed by atoms with van der Waals surface area (Å²) >= 11 is 1.79. The lowest BCUT2D eigenvalue weighted by atomic mass is 9.86. The van der Waals surface area contributed by atoms with Crippen molar-refractivity contribution in [3.05, 3.63) is 133 Å². The first-order valence-electron chi connectivity index (χ1n) is 19.6. The van der Waals surface area contributed by atoms with Gasteiger partial charge in [-0.25, -0.2) is 4.89 Å². The summed E-state index contributed by atoms with van der Waals surface area (Å²) < 4.78 is 6.85. The Bertz CT molecular complexity index is 2230. The van der Waals surface area contributed by atoms with Crippen LogP contribution >= 0.6 is 11.3 Å². The van der Waals surface area contributed by atoms with Crippen LogP contribution in [-0.2, 0) is 33.5 Å². The van der Waals surface area contributed by atoms with E-state index in [9.17, 15) is 10.1 Å². The molecule has 0 aliphatic carbocycles. The predicted octanol–water partition coefficient (Wildman–Crippen LogP) is 12.2. The number of thiophene rings is 1. The van der Waals surface area contributed by atoms with Gasteiger partial charge in [0.15, 0.2) is 0 Å². The van der Waals surface area contributed by atoms with Gasteiger partial charge in [0, 0.05) is 41.8 Å². The minimum absolute atomic E-state index is 0.0419. The normalized spacial score (nSPS) is 11.8. The van der Waals surface area contributed by atoms with Crippen molar-refractivity contribution in [1.82, 2.24) is 9.97 Å². The van der Waals surface area contributed by atoms with E-state index in [0.29, 0.717) is 40.6 Å². The van der Waals surface area contributed by atoms with Crippen LogP contribution in [0.15, 0.2) is 103 Å². The number of unbranched alkanes of at least 4 members (excludes halogenated alkanes) is 3. The highest BCUT2D eigenvalue weighted by Gasteiger charge is 2.23. The van der Waals surface area contributed by atoms with Crippen molar-refractivity contribution in [2.45, 2.75) is 98.0 Å². The Labute approximate surface area is 341 Å². The summed E-state index contributed by atoms with van der Waals surface area (Å²) in [5.41, 5.74) is 10.5. The highest BCUT2D eigenvalue weighted by atomic mass is 32.1. The van der Waals surface area contributed by atoms with Crippen LogP contribution in [-0.4, -0.2) is 21.7 Å². The van der Waals surface area contributed by atoms with Gasteiger partial charge in [0.1, 0.15) is 28.7 Å². The van der Waals surface area contributed by atoms with Gasteiger partial charge in [0.05, 0.1) is 11.4 Å². The summed E-state index contributed by atoms with van der Waals surface area (Å²) in [5, 5.41) is 10.6. The summed E-state index contributed by atoms with van der Waals surface area (Å²) in [6.07, 6.45) is 9.04. The number of nitrogens with zero attached hydrogens (tertiary/aromatic N) is 4. The molecule has 0 aliphatic rings. The van der Waals surface area contributed by atoms with E-state index in [1.165, 1.54) is 41.0 Å². The van der Waals surface area contributed by atoms with Gasteiger partial charge in [0.2, 0.25) is 0 Å². The van der Waals surface area contributed by atoms with Gasteiger partial charge in [-0.3, -0.25) is 20.0 Å². The van der Waals surface area contributed by atoms with Gasteiger partial charge in [-0.1, -0.05) is 92.0 Å². The number of anilines is 3. The maximum atomic E-state index is 11.1. The molecular formula is C48H54N4O4S. The number of hydrogen-bond acceptors (Lipinski definition) is 8. The number of pyridine rings is 3. The molecular weight excluding hydrogens is 729 g/mol. The SMILES string of the molecule is [CH2-][n+]1c(-c2cc(OC=O)ccn2)cc(COO)cc1-c1cc(-c2cc(CCCCCC)c(N(c3ccc(C(C)(C)C)cc3)c3ccc(C(C)(C)C)cc3)s2)ccn1. The third-order valence-electron chi connectivity index (χ3n) is 10.2. The quantitative estimate of drug-likeness (QED) is 0.0277. The molecule has 0 amide bonds. The molecule has 0 bridgehead atoms. The predicted molar refractivity (Wildman–Crippen MR) is 231 cm³/mol. The molecule has 9 heteroatoms. The van der Waals surface area contributed by atoms with E-state index in [0.717, 1.165) is 34.7 Å². The molecule has 0 saturated carbocycles. The molecule has 0 spiro atoms. The molecule has 296 valence electrons. The average Bonchev–Trinajstić information content (AvgIpc) is 3.61. The molecule has 6 aromatic rings. The maximum Gasteiger partial charge on any atom is 0.298 e. The highest BCUT2D eigenvalue weighted by Crippen LogP contribution is 2.46. The second-order valence-electron chi connectivity index (χ2n) is 16.5. The molecule has 8 nitrogen and oxygen atoms in total. The molecule has 1 N–H and O–H groups in total. The van der Waals surface area contributed by atoms with E-state index in [2.05, 4.69) is 137 Å². The molecule has 0 aliphatic heterocycles. The van der Waals surface area contributed by atoms with Gasteiger partial charge in [0.25, 0.3) is 6.47 Å². The first-order valence-corrected chi connectivity index (χ1v) is 20.5. The van der Waals surface area contributed by atoms with Gasteiger partial charge in [-0.05, 0) is 112 Å². The fourth-order valence-electron chi connectivity index (χ4n) is 6.94. The van der Waals surface area contributed by atoms with Crippen molar-refractivity contribution in [2.24, 2.45) is 0 Å². The summed E-state index contributed by atoms with van der Waals surface area (Å²) in [7, 11) is 4.37. The highest BCUT2D eigenvalue weighted by molar-refractivity contribution is 7.19. The Morgan fingerprint density at radius 2 is 1.35 bits per heavy atom.